The molecule has 0 heteroatoms. The average molecular weight is 341 g/mol. The van der Waals surface area contributed by atoms with Crippen LogP contribution >= 0.6 is 0 Å². The van der Waals surface area contributed by atoms with Crippen molar-refractivity contribution in [3.8, 4) is 0 Å². The lowest BCUT2D eigenvalue weighted by Crippen LogP contribution is -2.15. The highest BCUT2D eigenvalue weighted by molar-refractivity contribution is 5.35. The van der Waals surface area contributed by atoms with E-state index in [9.17, 15) is 0 Å². The van der Waals surface area contributed by atoms with Gasteiger partial charge in [0, 0.05) is 0 Å². The van der Waals surface area contributed by atoms with Crippen LogP contribution in [-0.4, -0.2) is 0 Å². The van der Waals surface area contributed by atoms with Crippen molar-refractivity contribution in [2.75, 3.05) is 0 Å². The third-order valence-electron chi connectivity index (χ3n) is 7.29. The maximum absolute atomic E-state index is 2.55. The van der Waals surface area contributed by atoms with Crippen LogP contribution in [0.2, 0.25) is 0 Å². The number of hydrogen-bond donors (Lipinski definition) is 0. The van der Waals surface area contributed by atoms with Crippen LogP contribution in [0.5, 0.6) is 0 Å². The summed E-state index contributed by atoms with van der Waals surface area (Å²) in [6.07, 6.45) is 17.2. The summed E-state index contributed by atoms with van der Waals surface area (Å²) < 4.78 is 0. The van der Waals surface area contributed by atoms with E-state index in [1.54, 1.807) is 16.7 Å². The van der Waals surface area contributed by atoms with Gasteiger partial charge in [-0.05, 0) is 98.7 Å². The van der Waals surface area contributed by atoms with E-state index in [4.69, 9.17) is 0 Å². The Morgan fingerprint density at radius 3 is 1.72 bits per heavy atom. The van der Waals surface area contributed by atoms with Gasteiger partial charge in [0.2, 0.25) is 0 Å². The van der Waals surface area contributed by atoms with E-state index in [-0.39, 0.29) is 0 Å². The lowest BCUT2D eigenvalue weighted by molar-refractivity contribution is 0.306. The first kappa shape index (κ1) is 19.0. The second-order valence-electron chi connectivity index (χ2n) is 9.13. The van der Waals surface area contributed by atoms with Gasteiger partial charge in [-0.3, -0.25) is 0 Å². The predicted octanol–water partition coefficient (Wildman–Crippen LogP) is 8.14. The van der Waals surface area contributed by atoms with Crippen molar-refractivity contribution in [1.29, 1.82) is 0 Å². The predicted molar refractivity (Wildman–Crippen MR) is 110 cm³/mol. The second-order valence-corrected chi connectivity index (χ2v) is 9.13. The van der Waals surface area contributed by atoms with Gasteiger partial charge in [-0.25, -0.2) is 0 Å². The molecule has 140 valence electrons. The van der Waals surface area contributed by atoms with Crippen LogP contribution in [0.15, 0.2) is 18.2 Å². The fourth-order valence-corrected chi connectivity index (χ4v) is 5.77. The molecule has 2 aliphatic rings. The molecule has 0 unspecified atom stereocenters. The van der Waals surface area contributed by atoms with Crippen LogP contribution in [0, 0.1) is 18.8 Å². The van der Waals surface area contributed by atoms with Crippen molar-refractivity contribution in [3.05, 3.63) is 34.9 Å². The van der Waals surface area contributed by atoms with Crippen molar-refractivity contribution >= 4 is 0 Å². The van der Waals surface area contributed by atoms with Crippen LogP contribution in [0.25, 0.3) is 0 Å². The first-order valence-corrected chi connectivity index (χ1v) is 11.3. The average Bonchev–Trinajstić information content (AvgIpc) is 2.64. The van der Waals surface area contributed by atoms with Crippen LogP contribution in [0.1, 0.15) is 119 Å². The summed E-state index contributed by atoms with van der Waals surface area (Å²) in [7, 11) is 0. The molecule has 2 saturated carbocycles. The molecule has 25 heavy (non-hydrogen) atoms. The molecule has 0 bridgehead atoms. The summed E-state index contributed by atoms with van der Waals surface area (Å²) in [5.74, 6) is 3.70. The van der Waals surface area contributed by atoms with Gasteiger partial charge in [0.15, 0.2) is 0 Å². The minimum atomic E-state index is 0.834. The fraction of sp³-hybridized carbons (Fsp3) is 0.760. The van der Waals surface area contributed by atoms with E-state index >= 15 is 0 Å². The standard InChI is InChI=1S/C25H40/c1-4-6-20-8-12-22(13-9-20)24-16-17-25(19(3)18-24)23-14-10-21(7-5-2)11-15-23/h16-18,20-23H,4-15H2,1-3H3/t20-,21-,22-,23-. The highest BCUT2D eigenvalue weighted by Gasteiger charge is 2.25. The van der Waals surface area contributed by atoms with E-state index in [2.05, 4.69) is 39.0 Å². The van der Waals surface area contributed by atoms with Gasteiger partial charge in [-0.1, -0.05) is 57.7 Å². The molecule has 2 fully saturated rings. The molecule has 2 aliphatic carbocycles. The monoisotopic (exact) mass is 340 g/mol. The van der Waals surface area contributed by atoms with Gasteiger partial charge in [-0.2, -0.15) is 0 Å². The van der Waals surface area contributed by atoms with E-state index in [0.29, 0.717) is 0 Å². The summed E-state index contributed by atoms with van der Waals surface area (Å²) in [5, 5.41) is 0. The molecule has 0 aliphatic heterocycles. The number of rotatable bonds is 6. The first-order valence-electron chi connectivity index (χ1n) is 11.3. The van der Waals surface area contributed by atoms with Crippen molar-refractivity contribution in [1.82, 2.24) is 0 Å². The van der Waals surface area contributed by atoms with Gasteiger partial charge in [0.05, 0.1) is 0 Å². The summed E-state index contributed by atoms with van der Waals surface area (Å²) in [5.41, 5.74) is 4.88. The fourth-order valence-electron chi connectivity index (χ4n) is 5.77. The SMILES string of the molecule is CCC[C@H]1CC[C@H](c2ccc([C@H]3CC[C@H](CCC)CC3)c(C)c2)CC1. The number of benzene rings is 1. The molecule has 0 saturated heterocycles. The molecule has 3 rings (SSSR count). The zero-order valence-electron chi connectivity index (χ0n) is 17.0. The molecule has 0 nitrogen and oxygen atoms in total. The van der Waals surface area contributed by atoms with Crippen molar-refractivity contribution in [2.45, 2.75) is 110 Å². The van der Waals surface area contributed by atoms with Crippen LogP contribution in [0.4, 0.5) is 0 Å². The molecule has 0 spiro atoms. The Balaban J connectivity index is 1.58. The van der Waals surface area contributed by atoms with E-state index in [1.165, 1.54) is 77.0 Å². The largest absolute Gasteiger partial charge is 0.0654 e. The molecular formula is C25H40. The molecule has 0 aromatic heterocycles. The van der Waals surface area contributed by atoms with E-state index in [1.807, 2.05) is 0 Å². The summed E-state index contributed by atoms with van der Waals surface area (Å²) in [4.78, 5) is 0. The Kier molecular flexibility index (Phi) is 7.02. The molecular weight excluding hydrogens is 300 g/mol. The van der Waals surface area contributed by atoms with Gasteiger partial charge >= 0.3 is 0 Å². The van der Waals surface area contributed by atoms with Gasteiger partial charge in [0.25, 0.3) is 0 Å². The van der Waals surface area contributed by atoms with E-state index < -0.39 is 0 Å². The number of aryl methyl sites for hydroxylation is 1. The maximum atomic E-state index is 2.55. The Labute approximate surface area is 156 Å². The van der Waals surface area contributed by atoms with Gasteiger partial charge < -0.3 is 0 Å². The smallest absolute Gasteiger partial charge is 0.0159 e. The quantitative estimate of drug-likeness (QED) is 0.490. The summed E-state index contributed by atoms with van der Waals surface area (Å²) in [6, 6.07) is 7.55. The first-order chi connectivity index (χ1) is 12.2. The molecule has 0 radical (unpaired) electrons. The summed E-state index contributed by atoms with van der Waals surface area (Å²) in [6.45, 7) is 7.05. The van der Waals surface area contributed by atoms with E-state index in [0.717, 1.165) is 23.7 Å². The van der Waals surface area contributed by atoms with Crippen LogP contribution in [0.3, 0.4) is 0 Å². The van der Waals surface area contributed by atoms with Crippen LogP contribution < -0.4 is 0 Å². The lowest BCUT2D eigenvalue weighted by atomic mass is 9.74. The Morgan fingerprint density at radius 1 is 0.720 bits per heavy atom. The third-order valence-corrected chi connectivity index (χ3v) is 7.29. The Morgan fingerprint density at radius 2 is 1.24 bits per heavy atom. The Hall–Kier alpha value is -0.780. The van der Waals surface area contributed by atoms with Crippen molar-refractivity contribution in [2.24, 2.45) is 11.8 Å². The lowest BCUT2D eigenvalue weighted by Gasteiger charge is -2.31. The minimum absolute atomic E-state index is 0.834. The van der Waals surface area contributed by atoms with Crippen LogP contribution in [-0.2, 0) is 0 Å². The molecule has 0 heterocycles. The maximum Gasteiger partial charge on any atom is -0.0159 e. The molecule has 0 N–H and O–H groups in total. The topological polar surface area (TPSA) is 0 Å². The third kappa shape index (κ3) is 4.89. The molecule has 0 atom stereocenters. The summed E-state index contributed by atoms with van der Waals surface area (Å²) >= 11 is 0. The van der Waals surface area contributed by atoms with Gasteiger partial charge in [-0.15, -0.1) is 0 Å². The highest BCUT2D eigenvalue weighted by Crippen LogP contribution is 2.41. The van der Waals surface area contributed by atoms with Gasteiger partial charge in [0.1, 0.15) is 0 Å². The normalized spacial score (nSPS) is 30.4. The second kappa shape index (κ2) is 9.24. The molecule has 1 aromatic carbocycles. The molecule has 0 amide bonds. The highest BCUT2D eigenvalue weighted by atomic mass is 14.3. The van der Waals surface area contributed by atoms with Crippen molar-refractivity contribution in [3.63, 3.8) is 0 Å². The Bertz CT molecular complexity index is 513. The molecule has 1 aromatic rings. The van der Waals surface area contributed by atoms with Crippen molar-refractivity contribution < 1.29 is 0 Å². The zero-order valence-corrected chi connectivity index (χ0v) is 17.0. The number of hydrogen-bond acceptors (Lipinski definition) is 0. The minimum Gasteiger partial charge on any atom is -0.0654 e. The zero-order chi connectivity index (χ0) is 17.6.